The van der Waals surface area contributed by atoms with Crippen LogP contribution in [-0.2, 0) is 23.1 Å². The molecule has 0 aromatic carbocycles. The third kappa shape index (κ3) is 2.86. The zero-order chi connectivity index (χ0) is 13.0. The van der Waals surface area contributed by atoms with Crippen LogP contribution >= 0.6 is 0 Å². The summed E-state index contributed by atoms with van der Waals surface area (Å²) in [7, 11) is 3.21. The summed E-state index contributed by atoms with van der Waals surface area (Å²) in [5.41, 5.74) is 2.65. The molecule has 17 heavy (non-hydrogen) atoms. The normalized spacial score (nSPS) is 11.9. The molecule has 1 aromatic rings. The minimum absolute atomic E-state index is 0.293. The number of aromatic nitrogens is 1. The summed E-state index contributed by atoms with van der Waals surface area (Å²) in [5.74, 6) is -0.293. The molecule has 0 saturated heterocycles. The Hall–Kier alpha value is -1.80. The Kier molecular flexibility index (Phi) is 4.30. The van der Waals surface area contributed by atoms with Crippen LogP contribution in [0.15, 0.2) is 6.07 Å². The van der Waals surface area contributed by atoms with Gasteiger partial charge in [-0.3, -0.25) is 4.79 Å². The van der Waals surface area contributed by atoms with Crippen LogP contribution in [0.4, 0.5) is 0 Å². The van der Waals surface area contributed by atoms with E-state index in [1.807, 2.05) is 24.6 Å². The first kappa shape index (κ1) is 13.3. The van der Waals surface area contributed by atoms with Gasteiger partial charge in [-0.15, -0.1) is 0 Å². The molecule has 0 radical (unpaired) electrons. The van der Waals surface area contributed by atoms with E-state index in [-0.39, 0.29) is 12.0 Å². The highest BCUT2D eigenvalue weighted by Gasteiger charge is 2.14. The summed E-state index contributed by atoms with van der Waals surface area (Å²) in [5, 5.41) is 12.0. The molecule has 1 atom stereocenters. The first-order valence-corrected chi connectivity index (χ1v) is 5.37. The Balaban J connectivity index is 2.71. The lowest BCUT2D eigenvalue weighted by Crippen LogP contribution is -2.34. The molecule has 0 aliphatic rings. The number of ether oxygens (including phenoxy) is 1. The van der Waals surface area contributed by atoms with Gasteiger partial charge in [0.2, 0.25) is 0 Å². The van der Waals surface area contributed by atoms with Crippen molar-refractivity contribution < 1.29 is 9.53 Å². The van der Waals surface area contributed by atoms with Crippen molar-refractivity contribution in [2.75, 3.05) is 7.11 Å². The third-order valence-corrected chi connectivity index (χ3v) is 2.91. The zero-order valence-electron chi connectivity index (χ0n) is 10.6. The predicted molar refractivity (Wildman–Crippen MR) is 63.2 cm³/mol. The topological polar surface area (TPSA) is 67.0 Å². The minimum atomic E-state index is -0.356. The quantitative estimate of drug-likeness (QED) is 0.786. The molecule has 1 rings (SSSR count). The summed E-state index contributed by atoms with van der Waals surface area (Å²) in [6, 6.07) is 3.59. The number of nitrogens with zero attached hydrogens (tertiary/aromatic N) is 2. The highest BCUT2D eigenvalue weighted by atomic mass is 16.5. The number of hydrogen-bond acceptors (Lipinski definition) is 4. The van der Waals surface area contributed by atoms with Crippen LogP contribution in [0.1, 0.15) is 23.9 Å². The molecule has 5 nitrogen and oxygen atoms in total. The van der Waals surface area contributed by atoms with Gasteiger partial charge in [0, 0.05) is 19.3 Å². The van der Waals surface area contributed by atoms with Gasteiger partial charge in [-0.25, -0.2) is 0 Å². The molecular weight excluding hydrogens is 218 g/mol. The molecule has 1 N–H and O–H groups in total. The van der Waals surface area contributed by atoms with E-state index in [9.17, 15) is 4.79 Å². The number of nitrogens with one attached hydrogen (secondary N) is 1. The van der Waals surface area contributed by atoms with Crippen molar-refractivity contribution in [2.24, 2.45) is 7.05 Å². The third-order valence-electron chi connectivity index (χ3n) is 2.91. The first-order valence-electron chi connectivity index (χ1n) is 5.37. The molecule has 0 spiro atoms. The van der Waals surface area contributed by atoms with Crippen LogP contribution in [0.3, 0.4) is 0 Å². The largest absolute Gasteiger partial charge is 0.468 e. The number of carbonyl (C=O) groups is 1. The maximum atomic E-state index is 11.2. The zero-order valence-corrected chi connectivity index (χ0v) is 10.6. The lowest BCUT2D eigenvalue weighted by atomic mass is 10.2. The molecule has 5 heteroatoms. The molecule has 92 valence electrons. The van der Waals surface area contributed by atoms with Gasteiger partial charge in [0.1, 0.15) is 17.8 Å². The van der Waals surface area contributed by atoms with Crippen LogP contribution < -0.4 is 5.32 Å². The second-order valence-electron chi connectivity index (χ2n) is 3.94. The summed E-state index contributed by atoms with van der Waals surface area (Å²) < 4.78 is 6.45. The number of rotatable bonds is 4. The van der Waals surface area contributed by atoms with Gasteiger partial charge in [-0.2, -0.15) is 5.26 Å². The fourth-order valence-corrected chi connectivity index (χ4v) is 1.57. The van der Waals surface area contributed by atoms with Gasteiger partial charge in [-0.05, 0) is 25.5 Å². The predicted octanol–water partition coefficient (Wildman–Crippen LogP) is 0.856. The highest BCUT2D eigenvalue weighted by molar-refractivity contribution is 5.75. The van der Waals surface area contributed by atoms with Gasteiger partial charge < -0.3 is 14.6 Å². The summed E-state index contributed by atoms with van der Waals surface area (Å²) >= 11 is 0. The molecule has 0 aliphatic heterocycles. The van der Waals surface area contributed by atoms with Crippen molar-refractivity contribution in [3.63, 3.8) is 0 Å². The Bertz CT molecular complexity index is 457. The average Bonchev–Trinajstić information content (AvgIpc) is 2.62. The van der Waals surface area contributed by atoms with Crippen molar-refractivity contribution >= 4 is 5.97 Å². The summed E-state index contributed by atoms with van der Waals surface area (Å²) in [6.07, 6.45) is 0. The van der Waals surface area contributed by atoms with E-state index in [1.54, 1.807) is 6.92 Å². The SMILES string of the molecule is COC(=O)[C@H](C)NCc1cc(C#N)n(C)c1C. The van der Waals surface area contributed by atoms with E-state index in [2.05, 4.69) is 16.1 Å². The average molecular weight is 235 g/mol. The van der Waals surface area contributed by atoms with Crippen LogP contribution in [0.5, 0.6) is 0 Å². The van der Waals surface area contributed by atoms with Crippen molar-refractivity contribution in [1.29, 1.82) is 5.26 Å². The smallest absolute Gasteiger partial charge is 0.322 e. The van der Waals surface area contributed by atoms with Gasteiger partial charge in [0.05, 0.1) is 7.11 Å². The van der Waals surface area contributed by atoms with Gasteiger partial charge in [0.25, 0.3) is 0 Å². The van der Waals surface area contributed by atoms with Crippen molar-refractivity contribution in [3.8, 4) is 6.07 Å². The fraction of sp³-hybridized carbons (Fsp3) is 0.500. The second-order valence-corrected chi connectivity index (χ2v) is 3.94. The van der Waals surface area contributed by atoms with E-state index in [0.29, 0.717) is 12.2 Å². The van der Waals surface area contributed by atoms with E-state index < -0.39 is 0 Å². The fourth-order valence-electron chi connectivity index (χ4n) is 1.57. The molecular formula is C12H17N3O2. The Morgan fingerprint density at radius 3 is 2.82 bits per heavy atom. The summed E-state index contributed by atoms with van der Waals surface area (Å²) in [6.45, 7) is 4.23. The maximum absolute atomic E-state index is 11.2. The van der Waals surface area contributed by atoms with Crippen LogP contribution in [-0.4, -0.2) is 23.7 Å². The number of nitriles is 1. The van der Waals surface area contributed by atoms with E-state index in [1.165, 1.54) is 7.11 Å². The van der Waals surface area contributed by atoms with Gasteiger partial charge in [-0.1, -0.05) is 0 Å². The molecule has 1 heterocycles. The van der Waals surface area contributed by atoms with Crippen molar-refractivity contribution in [3.05, 3.63) is 23.0 Å². The van der Waals surface area contributed by atoms with E-state index in [4.69, 9.17) is 5.26 Å². The second kappa shape index (κ2) is 5.51. The van der Waals surface area contributed by atoms with Gasteiger partial charge >= 0.3 is 5.97 Å². The Morgan fingerprint density at radius 1 is 1.71 bits per heavy atom. The number of esters is 1. The Morgan fingerprint density at radius 2 is 2.35 bits per heavy atom. The molecule has 1 aromatic heterocycles. The lowest BCUT2D eigenvalue weighted by Gasteiger charge is -2.11. The minimum Gasteiger partial charge on any atom is -0.468 e. The monoisotopic (exact) mass is 235 g/mol. The number of hydrogen-bond donors (Lipinski definition) is 1. The lowest BCUT2D eigenvalue weighted by molar-refractivity contribution is -0.142. The molecule has 0 aliphatic carbocycles. The van der Waals surface area contributed by atoms with Crippen molar-refractivity contribution in [2.45, 2.75) is 26.4 Å². The van der Waals surface area contributed by atoms with Crippen LogP contribution in [0, 0.1) is 18.3 Å². The maximum Gasteiger partial charge on any atom is 0.322 e. The van der Waals surface area contributed by atoms with Crippen LogP contribution in [0.25, 0.3) is 0 Å². The van der Waals surface area contributed by atoms with E-state index >= 15 is 0 Å². The molecule has 0 amide bonds. The van der Waals surface area contributed by atoms with Crippen molar-refractivity contribution in [1.82, 2.24) is 9.88 Å². The highest BCUT2D eigenvalue weighted by Crippen LogP contribution is 2.13. The first-order chi connectivity index (χ1) is 8.01. The van der Waals surface area contributed by atoms with E-state index in [0.717, 1.165) is 11.3 Å². The number of methoxy groups -OCH3 is 1. The molecule has 0 fully saturated rings. The number of carbonyl (C=O) groups excluding carboxylic acids is 1. The standard InChI is InChI=1S/C12H17N3O2/c1-8(12(16)17-4)14-7-10-5-11(6-13)15(3)9(10)2/h5,8,14H,7H2,1-4H3/t8-/m0/s1. The Labute approximate surface area is 101 Å². The van der Waals surface area contributed by atoms with Gasteiger partial charge in [0.15, 0.2) is 0 Å². The molecule has 0 unspecified atom stereocenters. The molecule has 0 bridgehead atoms. The van der Waals surface area contributed by atoms with Crippen LogP contribution in [0.2, 0.25) is 0 Å². The summed E-state index contributed by atoms with van der Waals surface area (Å²) in [4.78, 5) is 11.2. The molecule has 0 saturated carbocycles.